The third-order valence-electron chi connectivity index (χ3n) is 14.3. The largest absolute Gasteiger partial charge is 0.777 e. The highest BCUT2D eigenvalue weighted by Gasteiger charge is 2.52. The van der Waals surface area contributed by atoms with Crippen molar-refractivity contribution >= 4 is 61.6 Å². The van der Waals surface area contributed by atoms with Gasteiger partial charge in [-0.15, -0.1) is 0 Å². The number of fused-ring (bicyclic) bond motifs is 8. The number of aryl methyl sites for hydroxylation is 2. The van der Waals surface area contributed by atoms with E-state index >= 15 is 0 Å². The lowest BCUT2D eigenvalue weighted by molar-refractivity contribution is 0.102. The zero-order valence-electron chi connectivity index (χ0n) is 36.1. The monoisotopic (exact) mass is 867 g/mol. The van der Waals surface area contributed by atoms with Crippen LogP contribution >= 0.6 is 0 Å². The Morgan fingerprint density at radius 1 is 0.462 bits per heavy atom. The highest BCUT2D eigenvalue weighted by Crippen LogP contribution is 2.61. The van der Waals surface area contributed by atoms with Gasteiger partial charge in [-0.3, -0.25) is 9.59 Å². The van der Waals surface area contributed by atoms with Crippen LogP contribution in [-0.2, 0) is 0 Å². The van der Waals surface area contributed by atoms with E-state index in [0.29, 0.717) is 76.5 Å². The van der Waals surface area contributed by atoms with E-state index in [1.807, 2.05) is 39.8 Å². The average Bonchev–Trinajstić information content (AvgIpc) is 3.24. The fourth-order valence-electron chi connectivity index (χ4n) is 10.9. The first-order valence-corrected chi connectivity index (χ1v) is 21.7. The number of phenolic OH excluding ortho intramolecular Hbond substituents is 6. The van der Waals surface area contributed by atoms with E-state index in [1.54, 1.807) is 26.0 Å². The van der Waals surface area contributed by atoms with Crippen molar-refractivity contribution in [1.29, 1.82) is 0 Å². The van der Waals surface area contributed by atoms with Crippen LogP contribution in [0, 0.1) is 13.8 Å². The number of ketones is 2. The Labute approximate surface area is 370 Å². The number of rotatable bonds is 4. The van der Waals surface area contributed by atoms with Crippen molar-refractivity contribution in [2.24, 2.45) is 0 Å². The summed E-state index contributed by atoms with van der Waals surface area (Å²) in [6.07, 6.45) is 1.45. The first-order chi connectivity index (χ1) is 31.0. The van der Waals surface area contributed by atoms with Gasteiger partial charge in [-0.25, -0.2) is 0 Å². The topological polar surface area (TPSA) is 192 Å². The minimum absolute atomic E-state index is 0.0299. The number of benzene rings is 8. The molecule has 13 heteroatoms. The molecule has 2 atom stereocenters. The second-order valence-corrected chi connectivity index (χ2v) is 18.1. The maximum Gasteiger partial charge on any atom is 0.777 e. The van der Waals surface area contributed by atoms with Crippen LogP contribution in [0.3, 0.4) is 0 Å². The van der Waals surface area contributed by atoms with Gasteiger partial charge in [0.15, 0.2) is 0 Å². The van der Waals surface area contributed by atoms with Crippen LogP contribution in [0.1, 0.15) is 106 Å². The Balaban J connectivity index is 1.21. The quantitative estimate of drug-likeness (QED) is 0.0725. The molecule has 2 unspecified atom stereocenters. The molecule has 324 valence electrons. The van der Waals surface area contributed by atoms with Crippen LogP contribution in [0.5, 0.6) is 57.5 Å². The van der Waals surface area contributed by atoms with Crippen molar-refractivity contribution in [3.63, 3.8) is 0 Å². The first kappa shape index (κ1) is 38.8. The van der Waals surface area contributed by atoms with Crippen molar-refractivity contribution in [3.8, 4) is 79.7 Å². The Kier molecular flexibility index (Phi) is 7.58. The Morgan fingerprint density at radius 3 is 1.23 bits per heavy atom. The molecule has 0 radical (unpaired) electrons. The minimum Gasteiger partial charge on any atom is -0.610 e. The average molecular weight is 868 g/mol. The normalized spacial score (nSPS) is 17.1. The summed E-state index contributed by atoms with van der Waals surface area (Å²) in [5, 5.41) is 72.8. The lowest BCUT2D eigenvalue weighted by Crippen LogP contribution is -2.62. The molecule has 2 aliphatic heterocycles. The molecular weight excluding hydrogens is 827 g/mol. The molecule has 4 aliphatic rings. The number of hydrogen-bond donors (Lipinski definition) is 6. The molecule has 12 rings (SSSR count). The molecule has 65 heavy (non-hydrogen) atoms. The standard InChI is InChI=1S/C52H40BO12/c1-7-19(3)23-11-27-39(33(58)13-23)49(60)45-31(56)9-21(5)37-29-15-25(54)17-35-41(29)51(43(27)47(37)45)64-53(62-35)63-36-18-26(55)16-30-38-22(6)10-32(57)46-48(38)44(52(65-53)42(30)36)28-12-24(20(4)8-2)14-34(59)40(28)50(46)61/h9-20,54-59H,7-8H2,1-6H3/q-1. The van der Waals surface area contributed by atoms with Gasteiger partial charge in [0.1, 0.15) is 34.5 Å². The number of hydrogen-bond acceptors (Lipinski definition) is 12. The summed E-state index contributed by atoms with van der Waals surface area (Å²) in [6, 6.07) is 15.6. The summed E-state index contributed by atoms with van der Waals surface area (Å²) in [5.41, 5.74) is 3.82. The molecule has 2 heterocycles. The Hall–Kier alpha value is -7.80. The zero-order chi connectivity index (χ0) is 45.4. The smallest absolute Gasteiger partial charge is 0.610 e. The zero-order valence-corrected chi connectivity index (χ0v) is 36.1. The molecule has 0 saturated carbocycles. The molecule has 6 N–H and O–H groups in total. The molecule has 0 amide bonds. The molecule has 0 fully saturated rings. The third kappa shape index (κ3) is 4.87. The molecule has 12 nitrogen and oxygen atoms in total. The summed E-state index contributed by atoms with van der Waals surface area (Å²) in [6.45, 7) is 8.02. The van der Waals surface area contributed by atoms with Gasteiger partial charge in [0.2, 0.25) is 11.6 Å². The van der Waals surface area contributed by atoms with E-state index in [-0.39, 0.29) is 91.6 Å². The second kappa shape index (κ2) is 12.7. The van der Waals surface area contributed by atoms with Crippen LogP contribution < -0.4 is 18.6 Å². The van der Waals surface area contributed by atoms with Crippen molar-refractivity contribution in [2.75, 3.05) is 0 Å². The highest BCUT2D eigenvalue weighted by molar-refractivity contribution is 6.60. The SMILES string of the molecule is CCC(C)c1cc(O)c2c(c1)-c1c3c4c(cc(O)cc4c4c(C)cc(O)c(c14)C2=O)O[B-]1(Oc2cc(O)cc4c2c(c2c5c(c(O)cc(C)c54)C(=O)c4c(O)cc(C(C)CC)cc4-2)O1)O3. The predicted octanol–water partition coefficient (Wildman–Crippen LogP) is 11.3. The summed E-state index contributed by atoms with van der Waals surface area (Å²) in [4.78, 5) is 29.2. The molecule has 8 aromatic rings. The predicted molar refractivity (Wildman–Crippen MR) is 246 cm³/mol. The van der Waals surface area contributed by atoms with Gasteiger partial charge in [0.05, 0.1) is 56.0 Å². The molecule has 1 spiro atoms. The van der Waals surface area contributed by atoms with Gasteiger partial charge < -0.3 is 49.3 Å². The van der Waals surface area contributed by atoms with Gasteiger partial charge in [-0.1, -0.05) is 27.7 Å². The molecular formula is C52H40BO12-. The second-order valence-electron chi connectivity index (χ2n) is 18.1. The molecule has 8 aromatic carbocycles. The molecule has 0 aromatic heterocycles. The van der Waals surface area contributed by atoms with Crippen LogP contribution in [0.2, 0.25) is 0 Å². The van der Waals surface area contributed by atoms with Gasteiger partial charge in [-0.05, 0) is 120 Å². The summed E-state index contributed by atoms with van der Waals surface area (Å²) < 4.78 is 27.7. The van der Waals surface area contributed by atoms with Crippen molar-refractivity contribution < 1.29 is 58.8 Å². The highest BCUT2D eigenvalue weighted by atomic mass is 16.9. The summed E-state index contributed by atoms with van der Waals surface area (Å²) in [5.74, 6) is -2.50. The van der Waals surface area contributed by atoms with Gasteiger partial charge in [0, 0.05) is 55.9 Å². The van der Waals surface area contributed by atoms with Gasteiger partial charge in [0.25, 0.3) is 0 Å². The number of carbonyl (C=O) groups is 2. The van der Waals surface area contributed by atoms with Gasteiger partial charge >= 0.3 is 6.96 Å². The van der Waals surface area contributed by atoms with Crippen LogP contribution in [0.15, 0.2) is 60.7 Å². The maximum absolute atomic E-state index is 14.6. The van der Waals surface area contributed by atoms with E-state index in [2.05, 4.69) is 0 Å². The van der Waals surface area contributed by atoms with E-state index in [4.69, 9.17) is 18.6 Å². The molecule has 0 bridgehead atoms. The van der Waals surface area contributed by atoms with Crippen molar-refractivity contribution in [2.45, 2.75) is 66.2 Å². The summed E-state index contributed by atoms with van der Waals surface area (Å²) in [7, 11) is 0. The lowest BCUT2D eigenvalue weighted by Gasteiger charge is -2.49. The number of carbonyl (C=O) groups excluding carboxylic acids is 2. The first-order valence-electron chi connectivity index (χ1n) is 21.7. The van der Waals surface area contributed by atoms with E-state index < -0.39 is 18.5 Å². The number of aromatic hydroxyl groups is 6. The third-order valence-corrected chi connectivity index (χ3v) is 14.3. The fraction of sp³-hybridized carbons (Fsp3) is 0.192. The maximum atomic E-state index is 14.6. The molecule has 2 aliphatic carbocycles. The van der Waals surface area contributed by atoms with E-state index in [0.717, 1.165) is 24.0 Å². The Morgan fingerprint density at radius 2 is 0.846 bits per heavy atom. The molecule has 0 saturated heterocycles. The van der Waals surface area contributed by atoms with Crippen LogP contribution in [0.4, 0.5) is 0 Å². The van der Waals surface area contributed by atoms with Gasteiger partial charge in [-0.2, -0.15) is 0 Å². The van der Waals surface area contributed by atoms with E-state index in [1.165, 1.54) is 36.4 Å². The van der Waals surface area contributed by atoms with Crippen molar-refractivity contribution in [3.05, 3.63) is 105 Å². The summed E-state index contributed by atoms with van der Waals surface area (Å²) >= 11 is 0. The number of phenols is 6. The van der Waals surface area contributed by atoms with Crippen LogP contribution in [0.25, 0.3) is 65.3 Å². The van der Waals surface area contributed by atoms with Crippen LogP contribution in [-0.4, -0.2) is 49.2 Å². The Bertz CT molecular complexity index is 3410. The lowest BCUT2D eigenvalue weighted by atomic mass is 9.76. The van der Waals surface area contributed by atoms with E-state index in [9.17, 15) is 40.2 Å². The van der Waals surface area contributed by atoms with Crippen molar-refractivity contribution in [1.82, 2.24) is 0 Å². The fourth-order valence-corrected chi connectivity index (χ4v) is 10.9. The minimum atomic E-state index is -3.60.